The lowest BCUT2D eigenvalue weighted by Crippen LogP contribution is -2.30. The number of hydrogen-bond acceptors (Lipinski definition) is 5. The van der Waals surface area contributed by atoms with Gasteiger partial charge in [0.1, 0.15) is 0 Å². The number of ether oxygens (including phenoxy) is 2. The number of hydrogen-bond donors (Lipinski definition) is 1. The number of carbonyl (C=O) groups is 3. The average molecular weight is 362 g/mol. The number of unbranched alkanes of at least 4 members (excludes halogenated alkanes) is 1. The number of rotatable bonds is 12. The Morgan fingerprint density at radius 1 is 1.15 bits per heavy atom. The molecular weight excluding hydrogens is 336 g/mol. The van der Waals surface area contributed by atoms with Crippen LogP contribution in [0.5, 0.6) is 0 Å². The second-order valence-corrected chi connectivity index (χ2v) is 6.05. The molecular formula is C20H26O6. The Balaban J connectivity index is 2.78. The Morgan fingerprint density at radius 3 is 2.38 bits per heavy atom. The highest BCUT2D eigenvalue weighted by Crippen LogP contribution is 2.14. The molecule has 0 amide bonds. The van der Waals surface area contributed by atoms with Crippen LogP contribution in [0.4, 0.5) is 0 Å². The Morgan fingerprint density at radius 2 is 1.81 bits per heavy atom. The van der Waals surface area contributed by atoms with Gasteiger partial charge in [-0.25, -0.2) is 4.79 Å². The quantitative estimate of drug-likeness (QED) is 0.265. The van der Waals surface area contributed by atoms with Crippen LogP contribution in [0.3, 0.4) is 0 Å². The molecule has 0 heterocycles. The molecule has 1 atom stereocenters. The van der Waals surface area contributed by atoms with Crippen LogP contribution in [-0.4, -0.2) is 42.1 Å². The number of benzene rings is 1. The number of aliphatic carboxylic acids is 1. The molecule has 0 saturated carbocycles. The zero-order valence-corrected chi connectivity index (χ0v) is 15.3. The summed E-state index contributed by atoms with van der Waals surface area (Å²) in [6.45, 7) is 8.20. The minimum absolute atomic E-state index is 0.197. The molecule has 0 aliphatic heterocycles. The average Bonchev–Trinajstić information content (AvgIpc) is 2.59. The van der Waals surface area contributed by atoms with Gasteiger partial charge >= 0.3 is 11.9 Å². The summed E-state index contributed by atoms with van der Waals surface area (Å²) in [5.41, 5.74) is 1.23. The van der Waals surface area contributed by atoms with E-state index >= 15 is 0 Å². The van der Waals surface area contributed by atoms with E-state index in [1.54, 1.807) is 24.3 Å². The topological polar surface area (TPSA) is 89.9 Å². The summed E-state index contributed by atoms with van der Waals surface area (Å²) in [4.78, 5) is 35.4. The predicted molar refractivity (Wildman–Crippen MR) is 97.1 cm³/mol. The van der Waals surface area contributed by atoms with Gasteiger partial charge in [0.25, 0.3) is 0 Å². The first-order valence-electron chi connectivity index (χ1n) is 8.64. The van der Waals surface area contributed by atoms with Gasteiger partial charge in [-0.15, -0.1) is 0 Å². The molecule has 6 nitrogen and oxygen atoms in total. The van der Waals surface area contributed by atoms with Crippen molar-refractivity contribution in [1.82, 2.24) is 0 Å². The van der Waals surface area contributed by atoms with Crippen molar-refractivity contribution in [2.24, 2.45) is 0 Å². The molecule has 1 rings (SSSR count). The number of aryl methyl sites for hydroxylation is 1. The normalized spacial score (nSPS) is 11.6. The summed E-state index contributed by atoms with van der Waals surface area (Å²) in [6.07, 6.45) is 0.527. The smallest absolute Gasteiger partial charge is 0.334 e. The van der Waals surface area contributed by atoms with E-state index in [1.165, 1.54) is 0 Å². The van der Waals surface area contributed by atoms with Crippen LogP contribution in [-0.2, 0) is 19.1 Å². The lowest BCUT2D eigenvalue weighted by atomic mass is 10.0. The summed E-state index contributed by atoms with van der Waals surface area (Å²) < 4.78 is 10.7. The Kier molecular flexibility index (Phi) is 9.30. The van der Waals surface area contributed by atoms with E-state index in [0.29, 0.717) is 12.2 Å². The van der Waals surface area contributed by atoms with Crippen molar-refractivity contribution in [3.05, 3.63) is 47.5 Å². The van der Waals surface area contributed by atoms with Gasteiger partial charge in [-0.2, -0.15) is 0 Å². The first kappa shape index (κ1) is 21.6. The summed E-state index contributed by atoms with van der Waals surface area (Å²) >= 11 is 0. The Labute approximate surface area is 153 Å². The third-order valence-corrected chi connectivity index (χ3v) is 3.70. The molecule has 0 aliphatic carbocycles. The van der Waals surface area contributed by atoms with Gasteiger partial charge in [0.05, 0.1) is 13.0 Å². The molecule has 26 heavy (non-hydrogen) atoms. The zero-order chi connectivity index (χ0) is 19.5. The van der Waals surface area contributed by atoms with Gasteiger partial charge in [-0.05, 0) is 13.3 Å². The summed E-state index contributed by atoms with van der Waals surface area (Å²) in [7, 11) is 0. The van der Waals surface area contributed by atoms with Gasteiger partial charge in [0, 0.05) is 24.2 Å². The third-order valence-electron chi connectivity index (χ3n) is 3.70. The van der Waals surface area contributed by atoms with E-state index in [1.807, 2.05) is 13.8 Å². The molecule has 0 spiro atoms. The highest BCUT2D eigenvalue weighted by atomic mass is 16.5. The minimum atomic E-state index is -1.18. The molecule has 0 aromatic heterocycles. The monoisotopic (exact) mass is 362 g/mol. The highest BCUT2D eigenvalue weighted by Gasteiger charge is 2.25. The summed E-state index contributed by atoms with van der Waals surface area (Å²) in [6, 6.07) is 6.94. The number of Topliss-reactive ketones (excluding diaryl/α,β-unsaturated/α-hetero) is 1. The number of carbonyl (C=O) groups excluding carboxylic acids is 2. The van der Waals surface area contributed by atoms with Crippen molar-refractivity contribution in [2.45, 2.75) is 45.6 Å². The van der Waals surface area contributed by atoms with Crippen molar-refractivity contribution in [1.29, 1.82) is 0 Å². The molecule has 142 valence electrons. The van der Waals surface area contributed by atoms with E-state index in [-0.39, 0.29) is 24.4 Å². The van der Waals surface area contributed by atoms with Crippen molar-refractivity contribution in [3.63, 3.8) is 0 Å². The van der Waals surface area contributed by atoms with Crippen LogP contribution in [0.2, 0.25) is 0 Å². The van der Waals surface area contributed by atoms with Gasteiger partial charge in [0.2, 0.25) is 5.78 Å². The van der Waals surface area contributed by atoms with E-state index in [0.717, 1.165) is 18.4 Å². The maximum absolute atomic E-state index is 12.7. The standard InChI is InChI=1S/C20H26O6/c1-4-5-11-25-12-10-17(26-20(24)15(3)13-18(21)22)19(23)16-8-6-14(2)7-9-16/h6-9,17H,3-5,10-13H2,1-2H3,(H,21,22). The van der Waals surface area contributed by atoms with Gasteiger partial charge in [-0.1, -0.05) is 49.8 Å². The largest absolute Gasteiger partial charge is 0.481 e. The van der Waals surface area contributed by atoms with E-state index < -0.39 is 24.5 Å². The molecule has 0 bridgehead atoms. The maximum atomic E-state index is 12.7. The van der Waals surface area contributed by atoms with Crippen LogP contribution in [0.1, 0.15) is 48.5 Å². The molecule has 0 aliphatic rings. The van der Waals surface area contributed by atoms with E-state index in [9.17, 15) is 14.4 Å². The van der Waals surface area contributed by atoms with E-state index in [4.69, 9.17) is 14.6 Å². The van der Waals surface area contributed by atoms with Crippen LogP contribution in [0.25, 0.3) is 0 Å². The molecule has 1 N–H and O–H groups in total. The summed E-state index contributed by atoms with van der Waals surface area (Å²) in [5.74, 6) is -2.41. The summed E-state index contributed by atoms with van der Waals surface area (Å²) in [5, 5.41) is 8.75. The zero-order valence-electron chi connectivity index (χ0n) is 15.3. The number of carboxylic acid groups (broad SMARTS) is 1. The van der Waals surface area contributed by atoms with Gasteiger partial charge in [0.15, 0.2) is 6.10 Å². The third kappa shape index (κ3) is 7.61. The molecule has 0 fully saturated rings. The molecule has 1 aromatic rings. The van der Waals surface area contributed by atoms with Crippen molar-refractivity contribution < 1.29 is 29.0 Å². The lowest BCUT2D eigenvalue weighted by molar-refractivity contribution is -0.145. The lowest BCUT2D eigenvalue weighted by Gasteiger charge is -2.17. The van der Waals surface area contributed by atoms with Crippen molar-refractivity contribution in [2.75, 3.05) is 13.2 Å². The van der Waals surface area contributed by atoms with Crippen molar-refractivity contribution in [3.8, 4) is 0 Å². The molecule has 0 radical (unpaired) electrons. The Hall–Kier alpha value is -2.47. The van der Waals surface area contributed by atoms with Crippen LogP contribution in [0.15, 0.2) is 36.4 Å². The van der Waals surface area contributed by atoms with Gasteiger partial charge in [-0.3, -0.25) is 9.59 Å². The fraction of sp³-hybridized carbons (Fsp3) is 0.450. The van der Waals surface area contributed by atoms with Crippen molar-refractivity contribution >= 4 is 17.7 Å². The first-order valence-corrected chi connectivity index (χ1v) is 8.64. The number of ketones is 1. The molecule has 6 heteroatoms. The van der Waals surface area contributed by atoms with Crippen LogP contribution in [0, 0.1) is 6.92 Å². The molecule has 1 unspecified atom stereocenters. The fourth-order valence-corrected chi connectivity index (χ4v) is 2.15. The molecule has 0 saturated heterocycles. The fourth-order valence-electron chi connectivity index (χ4n) is 2.15. The van der Waals surface area contributed by atoms with Crippen LogP contribution < -0.4 is 0 Å². The van der Waals surface area contributed by atoms with Gasteiger partial charge < -0.3 is 14.6 Å². The minimum Gasteiger partial charge on any atom is -0.481 e. The SMILES string of the molecule is C=C(CC(=O)O)C(=O)OC(CCOCCCC)C(=O)c1ccc(C)cc1. The maximum Gasteiger partial charge on any atom is 0.334 e. The number of carboxylic acids is 1. The van der Waals surface area contributed by atoms with E-state index in [2.05, 4.69) is 6.58 Å². The highest BCUT2D eigenvalue weighted by molar-refractivity contribution is 6.02. The first-order chi connectivity index (χ1) is 12.3. The van der Waals surface area contributed by atoms with Crippen LogP contribution >= 0.6 is 0 Å². The Bertz CT molecular complexity index is 632. The molecule has 1 aromatic carbocycles. The number of esters is 1. The second-order valence-electron chi connectivity index (χ2n) is 6.05. The second kappa shape index (κ2) is 11.2. The predicted octanol–water partition coefficient (Wildman–Crippen LogP) is 3.33.